The van der Waals surface area contributed by atoms with Crippen molar-refractivity contribution in [1.82, 2.24) is 15.0 Å². The van der Waals surface area contributed by atoms with Crippen molar-refractivity contribution >= 4 is 5.78 Å². The van der Waals surface area contributed by atoms with E-state index in [1.807, 2.05) is 52.8 Å². The first-order valence-electron chi connectivity index (χ1n) is 15.2. The molecule has 0 bridgehead atoms. The summed E-state index contributed by atoms with van der Waals surface area (Å²) in [4.78, 5) is 27.1. The Morgan fingerprint density at radius 2 is 1.71 bits per heavy atom. The molecule has 0 saturated heterocycles. The zero-order chi connectivity index (χ0) is 30.1. The molecule has 216 valence electrons. The number of halogens is 1. The van der Waals surface area contributed by atoms with Crippen molar-refractivity contribution in [2.45, 2.75) is 92.4 Å². The third-order valence-corrected chi connectivity index (χ3v) is 7.50. The second-order valence-corrected chi connectivity index (χ2v) is 10.3. The summed E-state index contributed by atoms with van der Waals surface area (Å²) in [5, 5.41) is 9.58. The van der Waals surface area contributed by atoms with Crippen LogP contribution in [0.1, 0.15) is 103 Å². The molecule has 1 aromatic carbocycles. The molecule has 0 spiro atoms. The van der Waals surface area contributed by atoms with Gasteiger partial charge in [0.05, 0.1) is 17.0 Å². The number of carbonyl (C=O) groups is 1. The Morgan fingerprint density at radius 1 is 1.02 bits per heavy atom. The second kappa shape index (κ2) is 14.8. The van der Waals surface area contributed by atoms with Crippen molar-refractivity contribution in [3.8, 4) is 28.7 Å². The van der Waals surface area contributed by atoms with E-state index < -0.39 is 0 Å². The van der Waals surface area contributed by atoms with Crippen molar-refractivity contribution in [2.75, 3.05) is 0 Å². The van der Waals surface area contributed by atoms with Crippen LogP contribution in [0.2, 0.25) is 0 Å². The molecule has 1 saturated carbocycles. The monoisotopic (exact) mass is 554 g/mol. The highest BCUT2D eigenvalue weighted by atomic mass is 19.1. The number of Topliss-reactive ketones (excluding diaryl/α,β-unsaturated/α-hetero) is 1. The summed E-state index contributed by atoms with van der Waals surface area (Å²) in [6.45, 7) is 14.2. The molecule has 3 aliphatic rings. The lowest BCUT2D eigenvalue weighted by molar-refractivity contribution is -0.120. The first kappa shape index (κ1) is 31.8. The van der Waals surface area contributed by atoms with Crippen molar-refractivity contribution in [3.05, 3.63) is 77.0 Å². The van der Waals surface area contributed by atoms with Gasteiger partial charge in [0.1, 0.15) is 11.9 Å². The number of aromatic nitrogens is 3. The molecule has 3 unspecified atom stereocenters. The number of carbonyl (C=O) groups excluding carboxylic acids is 1. The van der Waals surface area contributed by atoms with Gasteiger partial charge in [-0.2, -0.15) is 5.26 Å². The molecule has 6 rings (SSSR count). The summed E-state index contributed by atoms with van der Waals surface area (Å²) >= 11 is 0. The molecule has 41 heavy (non-hydrogen) atoms. The number of benzene rings is 1. The molecule has 2 heterocycles. The van der Waals surface area contributed by atoms with Crippen molar-refractivity contribution in [1.29, 1.82) is 5.26 Å². The van der Waals surface area contributed by atoms with E-state index in [2.05, 4.69) is 24.9 Å². The maximum Gasteiger partial charge on any atom is 0.176 e. The molecular formula is C35H43FN4O. The number of hydrogen-bond acceptors (Lipinski definition) is 5. The predicted octanol–water partition coefficient (Wildman–Crippen LogP) is 9.01. The van der Waals surface area contributed by atoms with Crippen LogP contribution < -0.4 is 0 Å². The van der Waals surface area contributed by atoms with E-state index in [1.54, 1.807) is 24.4 Å². The van der Waals surface area contributed by atoms with Gasteiger partial charge < -0.3 is 0 Å². The smallest absolute Gasteiger partial charge is 0.176 e. The number of rotatable bonds is 3. The summed E-state index contributed by atoms with van der Waals surface area (Å²) in [6, 6.07) is 12.7. The minimum absolute atomic E-state index is 0.0628. The van der Waals surface area contributed by atoms with E-state index >= 15 is 0 Å². The molecule has 2 aromatic heterocycles. The summed E-state index contributed by atoms with van der Waals surface area (Å²) in [5.41, 5.74) is 4.82. The minimum atomic E-state index is -0.328. The summed E-state index contributed by atoms with van der Waals surface area (Å²) in [6.07, 6.45) is 8.52. The number of hydrogen-bond donors (Lipinski definition) is 0. The van der Waals surface area contributed by atoms with Crippen molar-refractivity contribution in [3.63, 3.8) is 0 Å². The largest absolute Gasteiger partial charge is 0.293 e. The van der Waals surface area contributed by atoms with Gasteiger partial charge in [-0.3, -0.25) is 9.78 Å². The van der Waals surface area contributed by atoms with Gasteiger partial charge in [0.15, 0.2) is 11.6 Å². The Balaban J connectivity index is 0.000000610. The fourth-order valence-corrected chi connectivity index (χ4v) is 5.47. The molecular weight excluding hydrogens is 511 g/mol. The lowest BCUT2D eigenvalue weighted by Gasteiger charge is -2.38. The average Bonchev–Trinajstić information content (AvgIpc) is 3.87. The highest BCUT2D eigenvalue weighted by molar-refractivity contribution is 6.01. The molecule has 5 nitrogen and oxygen atoms in total. The molecule has 3 aliphatic carbocycles. The Hall–Kier alpha value is -3.72. The highest BCUT2D eigenvalue weighted by Gasteiger charge is 2.42. The maximum atomic E-state index is 15.0. The van der Waals surface area contributed by atoms with Crippen LogP contribution in [0.5, 0.6) is 0 Å². The van der Waals surface area contributed by atoms with Gasteiger partial charge in [-0.25, -0.2) is 14.4 Å². The second-order valence-electron chi connectivity index (χ2n) is 10.3. The van der Waals surface area contributed by atoms with Gasteiger partial charge in [-0.15, -0.1) is 0 Å². The average molecular weight is 555 g/mol. The normalized spacial score (nSPS) is 20.2. The van der Waals surface area contributed by atoms with E-state index in [0.29, 0.717) is 29.4 Å². The minimum Gasteiger partial charge on any atom is -0.293 e. The van der Waals surface area contributed by atoms with Crippen LogP contribution in [0.4, 0.5) is 4.39 Å². The number of nitriles is 1. The predicted molar refractivity (Wildman–Crippen MR) is 164 cm³/mol. The van der Waals surface area contributed by atoms with Crippen molar-refractivity contribution < 1.29 is 9.18 Å². The summed E-state index contributed by atoms with van der Waals surface area (Å²) < 4.78 is 15.0. The van der Waals surface area contributed by atoms with Crippen LogP contribution >= 0.6 is 0 Å². The van der Waals surface area contributed by atoms with Gasteiger partial charge in [-0.1, -0.05) is 73.1 Å². The number of fused-ring (bicyclic) bond motifs is 3. The zero-order valence-electron chi connectivity index (χ0n) is 25.5. The first-order valence-corrected chi connectivity index (χ1v) is 15.2. The molecule has 3 aromatic rings. The molecule has 1 fully saturated rings. The van der Waals surface area contributed by atoms with Crippen LogP contribution in [-0.4, -0.2) is 20.7 Å². The topological polar surface area (TPSA) is 79.5 Å². The van der Waals surface area contributed by atoms with Crippen molar-refractivity contribution in [2.24, 2.45) is 11.8 Å². The molecule has 3 atom stereocenters. The van der Waals surface area contributed by atoms with Crippen LogP contribution in [0, 0.1) is 29.0 Å². The van der Waals surface area contributed by atoms with Gasteiger partial charge in [0, 0.05) is 46.3 Å². The van der Waals surface area contributed by atoms with E-state index in [9.17, 15) is 14.4 Å². The first-order chi connectivity index (χ1) is 20.0. The standard InChI is InChI=1S/C28H23FN4O.C3H8.2C2H6/c1-15-19-8-9-21-25(20-4-2-3-5-23(20)29)32-28(17-10-11-31-24(13-17)16-6-7-16)33-26(21)22(19)12-18(14-30)27(15)34;1-3-2;2*1-2/h2-5,10-13,15-16,19,22H,6-9H2,1H3;3H2,1-2H3;2*1-2H3. The fourth-order valence-electron chi connectivity index (χ4n) is 5.47. The SMILES string of the molecule is CC.CC.CC1C(=O)C(C#N)=CC2c3nc(-c4ccnc(C5CC5)c4)nc(-c4ccccc4F)c3CCC12.CCC. The van der Waals surface area contributed by atoms with Gasteiger partial charge in [0.25, 0.3) is 0 Å². The number of nitrogens with zero attached hydrogens (tertiary/aromatic N) is 4. The number of ketones is 1. The van der Waals surface area contributed by atoms with Crippen LogP contribution in [0.15, 0.2) is 54.2 Å². The Labute approximate surface area is 245 Å². The molecule has 0 N–H and O–H groups in total. The number of allylic oxidation sites excluding steroid dienone is 2. The van der Waals surface area contributed by atoms with Gasteiger partial charge in [0.2, 0.25) is 0 Å². The third kappa shape index (κ3) is 6.78. The molecule has 0 amide bonds. The van der Waals surface area contributed by atoms with E-state index in [0.717, 1.165) is 41.8 Å². The van der Waals surface area contributed by atoms with Gasteiger partial charge in [-0.05, 0) is 55.9 Å². The van der Waals surface area contributed by atoms with E-state index in [1.165, 1.54) is 12.5 Å². The van der Waals surface area contributed by atoms with Gasteiger partial charge >= 0.3 is 0 Å². The highest BCUT2D eigenvalue weighted by Crippen LogP contribution is 2.47. The molecule has 0 aliphatic heterocycles. The van der Waals surface area contributed by atoms with Crippen LogP contribution in [-0.2, 0) is 11.2 Å². The van der Waals surface area contributed by atoms with E-state index in [4.69, 9.17) is 9.97 Å². The maximum absolute atomic E-state index is 15.0. The lowest BCUT2D eigenvalue weighted by atomic mass is 9.66. The van der Waals surface area contributed by atoms with Crippen LogP contribution in [0.3, 0.4) is 0 Å². The molecule has 0 radical (unpaired) electrons. The van der Waals surface area contributed by atoms with E-state index in [-0.39, 0.29) is 34.9 Å². The third-order valence-electron chi connectivity index (χ3n) is 7.50. The Morgan fingerprint density at radius 3 is 2.34 bits per heavy atom. The number of pyridine rings is 1. The summed E-state index contributed by atoms with van der Waals surface area (Å²) in [7, 11) is 0. The summed E-state index contributed by atoms with van der Waals surface area (Å²) in [5.74, 6) is 0.216. The lowest BCUT2D eigenvalue weighted by Crippen LogP contribution is -2.35. The quantitative estimate of drug-likeness (QED) is 0.323. The molecule has 6 heteroatoms. The zero-order valence-corrected chi connectivity index (χ0v) is 25.5. The van der Waals surface area contributed by atoms with Crippen LogP contribution in [0.25, 0.3) is 22.6 Å². The Kier molecular flexibility index (Phi) is 11.5. The fraction of sp³-hybridized carbons (Fsp3) is 0.457. The Bertz CT molecular complexity index is 1420.